The molecule has 1 aliphatic rings. The number of benzene rings is 1. The maximum absolute atomic E-state index is 9.89. The summed E-state index contributed by atoms with van der Waals surface area (Å²) in [5.41, 5.74) is 7.03. The summed E-state index contributed by atoms with van der Waals surface area (Å²) in [7, 11) is 0. The molecule has 90 valence electrons. The predicted molar refractivity (Wildman–Crippen MR) is 69.5 cm³/mol. The summed E-state index contributed by atoms with van der Waals surface area (Å²) in [6.45, 7) is 0.718. The summed E-state index contributed by atoms with van der Waals surface area (Å²) in [6, 6.07) is 8.19. The fourth-order valence-corrected chi connectivity index (χ4v) is 1.94. The Hall–Kier alpha value is -1.30. The van der Waals surface area contributed by atoms with Crippen LogP contribution in [-0.4, -0.2) is 17.3 Å². The Morgan fingerprint density at radius 2 is 2.18 bits per heavy atom. The molecule has 1 saturated carbocycles. The maximum atomic E-state index is 9.89. The van der Waals surface area contributed by atoms with Crippen molar-refractivity contribution in [3.8, 4) is 11.8 Å². The summed E-state index contributed by atoms with van der Waals surface area (Å²) < 4.78 is 0. The second kappa shape index (κ2) is 5.35. The molecule has 2 rings (SSSR count). The van der Waals surface area contributed by atoms with Gasteiger partial charge in [-0.1, -0.05) is 24.0 Å². The number of aryl methyl sites for hydroxylation is 1. The molecule has 0 saturated heterocycles. The minimum absolute atomic E-state index is 0.715. The average molecular weight is 229 g/mol. The maximum Gasteiger partial charge on any atom is 0.125 e. The van der Waals surface area contributed by atoms with Crippen molar-refractivity contribution in [1.82, 2.24) is 0 Å². The van der Waals surface area contributed by atoms with Gasteiger partial charge in [0.15, 0.2) is 0 Å². The molecule has 2 heteroatoms. The Morgan fingerprint density at radius 1 is 1.35 bits per heavy atom. The lowest BCUT2D eigenvalue weighted by atomic mass is 9.81. The first-order chi connectivity index (χ1) is 8.22. The summed E-state index contributed by atoms with van der Waals surface area (Å²) in [5.74, 6) is 6.05. The van der Waals surface area contributed by atoms with E-state index >= 15 is 0 Å². The molecule has 0 amide bonds. The van der Waals surface area contributed by atoms with E-state index in [2.05, 4.69) is 24.0 Å². The minimum atomic E-state index is -0.715. The molecule has 1 aliphatic carbocycles. The molecule has 2 nitrogen and oxygen atoms in total. The normalized spacial score (nSPS) is 16.8. The van der Waals surface area contributed by atoms with Crippen LogP contribution in [0.25, 0.3) is 0 Å². The van der Waals surface area contributed by atoms with E-state index in [-0.39, 0.29) is 0 Å². The third-order valence-electron chi connectivity index (χ3n) is 3.22. The molecule has 0 aromatic heterocycles. The highest BCUT2D eigenvalue weighted by Gasteiger charge is 2.31. The topological polar surface area (TPSA) is 46.2 Å². The van der Waals surface area contributed by atoms with Crippen molar-refractivity contribution in [2.24, 2.45) is 5.73 Å². The first kappa shape index (κ1) is 12.2. The van der Waals surface area contributed by atoms with Crippen LogP contribution in [0, 0.1) is 11.8 Å². The highest BCUT2D eigenvalue weighted by atomic mass is 16.3. The lowest BCUT2D eigenvalue weighted by molar-refractivity contribution is 0.0240. The van der Waals surface area contributed by atoms with Gasteiger partial charge in [0.05, 0.1) is 0 Å². The van der Waals surface area contributed by atoms with Crippen LogP contribution in [0.4, 0.5) is 0 Å². The quantitative estimate of drug-likeness (QED) is 0.777. The van der Waals surface area contributed by atoms with Crippen LogP contribution in [0.1, 0.15) is 36.8 Å². The van der Waals surface area contributed by atoms with Crippen LogP contribution in [0.15, 0.2) is 24.3 Å². The van der Waals surface area contributed by atoms with E-state index < -0.39 is 5.60 Å². The van der Waals surface area contributed by atoms with E-state index in [1.54, 1.807) is 0 Å². The van der Waals surface area contributed by atoms with Crippen molar-refractivity contribution in [3.63, 3.8) is 0 Å². The second-order valence-corrected chi connectivity index (χ2v) is 4.73. The molecule has 3 N–H and O–H groups in total. The van der Waals surface area contributed by atoms with E-state index in [0.717, 1.165) is 44.2 Å². The molecule has 1 aromatic carbocycles. The van der Waals surface area contributed by atoms with E-state index in [1.165, 1.54) is 5.56 Å². The number of aliphatic hydroxyl groups is 1. The zero-order valence-corrected chi connectivity index (χ0v) is 10.1. The van der Waals surface area contributed by atoms with Gasteiger partial charge in [-0.3, -0.25) is 0 Å². The average Bonchev–Trinajstić information content (AvgIpc) is 2.32. The van der Waals surface area contributed by atoms with Gasteiger partial charge in [0.2, 0.25) is 0 Å². The molecule has 0 bridgehead atoms. The van der Waals surface area contributed by atoms with Gasteiger partial charge in [0.25, 0.3) is 0 Å². The fraction of sp³-hybridized carbons (Fsp3) is 0.467. The smallest absolute Gasteiger partial charge is 0.125 e. The molecule has 0 heterocycles. The van der Waals surface area contributed by atoms with E-state index in [1.807, 2.05) is 12.1 Å². The largest absolute Gasteiger partial charge is 0.378 e. The Kier molecular flexibility index (Phi) is 3.83. The molecule has 1 aromatic rings. The van der Waals surface area contributed by atoms with Crippen LogP contribution in [0.5, 0.6) is 0 Å². The van der Waals surface area contributed by atoms with Gasteiger partial charge in [-0.15, -0.1) is 0 Å². The molecular weight excluding hydrogens is 210 g/mol. The van der Waals surface area contributed by atoms with Crippen LogP contribution in [0.3, 0.4) is 0 Å². The molecule has 1 fully saturated rings. The number of hydrogen-bond donors (Lipinski definition) is 2. The lowest BCUT2D eigenvalue weighted by Gasteiger charge is -2.30. The van der Waals surface area contributed by atoms with Gasteiger partial charge < -0.3 is 10.8 Å². The van der Waals surface area contributed by atoms with Crippen LogP contribution >= 0.6 is 0 Å². The summed E-state index contributed by atoms with van der Waals surface area (Å²) >= 11 is 0. The van der Waals surface area contributed by atoms with E-state index in [9.17, 15) is 5.11 Å². The predicted octanol–water partition coefficient (Wildman–Crippen LogP) is 1.84. The molecular formula is C15H19NO. The van der Waals surface area contributed by atoms with Crippen LogP contribution in [0.2, 0.25) is 0 Å². The van der Waals surface area contributed by atoms with Gasteiger partial charge in [-0.25, -0.2) is 0 Å². The molecule has 0 aliphatic heterocycles. The van der Waals surface area contributed by atoms with Gasteiger partial charge in [0, 0.05) is 5.56 Å². The van der Waals surface area contributed by atoms with Crippen molar-refractivity contribution < 1.29 is 5.11 Å². The van der Waals surface area contributed by atoms with Gasteiger partial charge in [0.1, 0.15) is 5.60 Å². The van der Waals surface area contributed by atoms with Gasteiger partial charge in [-0.2, -0.15) is 0 Å². The number of rotatable bonds is 3. The molecule has 17 heavy (non-hydrogen) atoms. The van der Waals surface area contributed by atoms with Crippen LogP contribution in [-0.2, 0) is 6.42 Å². The van der Waals surface area contributed by atoms with Crippen molar-refractivity contribution in [2.75, 3.05) is 6.54 Å². The lowest BCUT2D eigenvalue weighted by Crippen LogP contribution is -2.34. The van der Waals surface area contributed by atoms with E-state index in [0.29, 0.717) is 0 Å². The first-order valence-electron chi connectivity index (χ1n) is 6.26. The first-order valence-corrected chi connectivity index (χ1v) is 6.26. The van der Waals surface area contributed by atoms with Crippen LogP contribution < -0.4 is 5.73 Å². The Morgan fingerprint density at radius 3 is 2.82 bits per heavy atom. The number of hydrogen-bond acceptors (Lipinski definition) is 2. The third-order valence-corrected chi connectivity index (χ3v) is 3.22. The Bertz CT molecular complexity index is 438. The minimum Gasteiger partial charge on any atom is -0.378 e. The SMILES string of the molecule is NCCCc1cccc(C#CC2(O)CCC2)c1. The van der Waals surface area contributed by atoms with Crippen molar-refractivity contribution in [1.29, 1.82) is 0 Å². The van der Waals surface area contributed by atoms with Crippen molar-refractivity contribution >= 4 is 0 Å². The number of nitrogens with two attached hydrogens (primary N) is 1. The van der Waals surface area contributed by atoms with Crippen molar-refractivity contribution in [3.05, 3.63) is 35.4 Å². The molecule has 0 radical (unpaired) electrons. The third kappa shape index (κ3) is 3.33. The zero-order valence-electron chi connectivity index (χ0n) is 10.1. The molecule has 0 unspecified atom stereocenters. The standard InChI is InChI=1S/C15H19NO/c16-11-2-6-13-4-1-5-14(12-13)7-10-15(17)8-3-9-15/h1,4-5,12,17H,2-3,6,8-9,11,16H2. The fourth-order valence-electron chi connectivity index (χ4n) is 1.94. The second-order valence-electron chi connectivity index (χ2n) is 4.73. The van der Waals surface area contributed by atoms with Gasteiger partial charge in [-0.05, 0) is 56.3 Å². The van der Waals surface area contributed by atoms with Crippen molar-refractivity contribution in [2.45, 2.75) is 37.7 Å². The summed E-state index contributed by atoms with van der Waals surface area (Å²) in [6.07, 6.45) is 4.71. The monoisotopic (exact) mass is 229 g/mol. The highest BCUT2D eigenvalue weighted by molar-refractivity contribution is 5.39. The highest BCUT2D eigenvalue weighted by Crippen LogP contribution is 2.30. The molecule has 0 spiro atoms. The van der Waals surface area contributed by atoms with E-state index in [4.69, 9.17) is 5.73 Å². The Balaban J connectivity index is 2.05. The summed E-state index contributed by atoms with van der Waals surface area (Å²) in [5, 5.41) is 9.89. The Labute approximate surface area is 103 Å². The summed E-state index contributed by atoms with van der Waals surface area (Å²) in [4.78, 5) is 0. The zero-order chi connectivity index (χ0) is 12.1. The van der Waals surface area contributed by atoms with Gasteiger partial charge >= 0.3 is 0 Å². The molecule has 0 atom stereocenters.